The number of nitrogen functional groups attached to an aromatic ring is 1. The standard InChI is InChI=1S/C11H7Br2FN2OS/c12-9-4-6(10(13)18-9)11(17)16-8-3-5(15)1-2-7(8)14/h1-4H,15H2,(H,16,17). The van der Waals surface area contributed by atoms with Crippen LogP contribution >= 0.6 is 43.2 Å². The summed E-state index contributed by atoms with van der Waals surface area (Å²) in [6.45, 7) is 0. The van der Waals surface area contributed by atoms with E-state index in [4.69, 9.17) is 5.73 Å². The van der Waals surface area contributed by atoms with E-state index in [1.807, 2.05) is 0 Å². The molecule has 1 aromatic carbocycles. The van der Waals surface area contributed by atoms with Crippen molar-refractivity contribution < 1.29 is 9.18 Å². The van der Waals surface area contributed by atoms with Gasteiger partial charge < -0.3 is 11.1 Å². The predicted molar refractivity (Wildman–Crippen MR) is 78.5 cm³/mol. The molecule has 0 aliphatic rings. The Labute approximate surface area is 123 Å². The summed E-state index contributed by atoms with van der Waals surface area (Å²) in [6.07, 6.45) is 0. The molecule has 0 fully saturated rings. The number of benzene rings is 1. The maximum Gasteiger partial charge on any atom is 0.257 e. The van der Waals surface area contributed by atoms with Crippen LogP contribution in [0.2, 0.25) is 0 Å². The van der Waals surface area contributed by atoms with Gasteiger partial charge in [-0.1, -0.05) is 0 Å². The van der Waals surface area contributed by atoms with Crippen LogP contribution in [0.4, 0.5) is 15.8 Å². The van der Waals surface area contributed by atoms with E-state index in [0.717, 1.165) is 3.79 Å². The van der Waals surface area contributed by atoms with E-state index in [9.17, 15) is 9.18 Å². The van der Waals surface area contributed by atoms with Crippen LogP contribution in [0.1, 0.15) is 10.4 Å². The second kappa shape index (κ2) is 5.38. The first kappa shape index (κ1) is 13.5. The lowest BCUT2D eigenvalue weighted by Crippen LogP contribution is -2.12. The van der Waals surface area contributed by atoms with Crippen molar-refractivity contribution in [2.45, 2.75) is 0 Å². The average Bonchev–Trinajstić information content (AvgIpc) is 2.63. The van der Waals surface area contributed by atoms with Crippen LogP contribution in [-0.2, 0) is 0 Å². The number of nitrogens with one attached hydrogen (secondary N) is 1. The van der Waals surface area contributed by atoms with Crippen molar-refractivity contribution in [1.29, 1.82) is 0 Å². The molecule has 0 aliphatic carbocycles. The number of carbonyl (C=O) groups is 1. The summed E-state index contributed by atoms with van der Waals surface area (Å²) in [5.74, 6) is -0.920. The number of carbonyl (C=O) groups excluding carboxylic acids is 1. The molecule has 2 aromatic rings. The molecule has 0 bridgehead atoms. The number of thiophene rings is 1. The second-order valence-electron chi connectivity index (χ2n) is 3.43. The Morgan fingerprint density at radius 1 is 1.33 bits per heavy atom. The van der Waals surface area contributed by atoms with Gasteiger partial charge in [0.2, 0.25) is 0 Å². The first-order valence-corrected chi connectivity index (χ1v) is 7.19. The molecule has 0 radical (unpaired) electrons. The lowest BCUT2D eigenvalue weighted by atomic mass is 10.2. The molecule has 1 amide bonds. The van der Waals surface area contributed by atoms with Gasteiger partial charge in [0.05, 0.1) is 18.8 Å². The fourth-order valence-corrected chi connectivity index (χ4v) is 4.12. The third kappa shape index (κ3) is 2.90. The highest BCUT2D eigenvalue weighted by atomic mass is 79.9. The highest BCUT2D eigenvalue weighted by Gasteiger charge is 2.15. The molecule has 0 saturated carbocycles. The van der Waals surface area contributed by atoms with Crippen molar-refractivity contribution in [3.63, 3.8) is 0 Å². The Morgan fingerprint density at radius 3 is 2.67 bits per heavy atom. The lowest BCUT2D eigenvalue weighted by molar-refractivity contribution is 0.102. The van der Waals surface area contributed by atoms with Gasteiger partial charge in [0.1, 0.15) is 5.82 Å². The quantitative estimate of drug-likeness (QED) is 0.749. The summed E-state index contributed by atoms with van der Waals surface area (Å²) in [5.41, 5.74) is 6.43. The summed E-state index contributed by atoms with van der Waals surface area (Å²) in [7, 11) is 0. The largest absolute Gasteiger partial charge is 0.399 e. The Bertz CT molecular complexity index is 615. The fourth-order valence-electron chi connectivity index (χ4n) is 1.32. The molecule has 1 heterocycles. The van der Waals surface area contributed by atoms with Gasteiger partial charge in [-0.2, -0.15) is 0 Å². The van der Waals surface area contributed by atoms with Crippen LogP contribution in [0.5, 0.6) is 0 Å². The lowest BCUT2D eigenvalue weighted by Gasteiger charge is -2.06. The summed E-state index contributed by atoms with van der Waals surface area (Å²) < 4.78 is 15.0. The maximum absolute atomic E-state index is 13.5. The number of hydrogen-bond donors (Lipinski definition) is 2. The van der Waals surface area contributed by atoms with Gasteiger partial charge in [0.25, 0.3) is 5.91 Å². The number of rotatable bonds is 2. The summed E-state index contributed by atoms with van der Waals surface area (Å²) in [4.78, 5) is 11.9. The molecule has 3 N–H and O–H groups in total. The Balaban J connectivity index is 2.26. The number of anilines is 2. The molecule has 0 spiro atoms. The van der Waals surface area contributed by atoms with Crippen LogP contribution in [0, 0.1) is 5.82 Å². The SMILES string of the molecule is Nc1ccc(F)c(NC(=O)c2cc(Br)sc2Br)c1. The highest BCUT2D eigenvalue weighted by molar-refractivity contribution is 9.12. The Morgan fingerprint density at radius 2 is 2.06 bits per heavy atom. The molecular weight excluding hydrogens is 387 g/mol. The van der Waals surface area contributed by atoms with Crippen molar-refractivity contribution in [2.24, 2.45) is 0 Å². The third-order valence-corrected chi connectivity index (χ3v) is 4.48. The number of halogens is 3. The van der Waals surface area contributed by atoms with Gasteiger partial charge in [-0.05, 0) is 56.1 Å². The van der Waals surface area contributed by atoms with Crippen LogP contribution in [0.25, 0.3) is 0 Å². The average molecular weight is 394 g/mol. The number of amides is 1. The molecule has 18 heavy (non-hydrogen) atoms. The first-order chi connectivity index (χ1) is 8.47. The van der Waals surface area contributed by atoms with Crippen LogP contribution in [0.3, 0.4) is 0 Å². The summed E-state index contributed by atoms with van der Waals surface area (Å²) in [6, 6.07) is 5.68. The predicted octanol–water partition coefficient (Wildman–Crippen LogP) is 4.25. The topological polar surface area (TPSA) is 55.1 Å². The maximum atomic E-state index is 13.5. The number of hydrogen-bond acceptors (Lipinski definition) is 3. The van der Waals surface area contributed by atoms with E-state index < -0.39 is 11.7 Å². The zero-order valence-electron chi connectivity index (χ0n) is 8.84. The van der Waals surface area contributed by atoms with E-state index >= 15 is 0 Å². The minimum absolute atomic E-state index is 0.0641. The van der Waals surface area contributed by atoms with E-state index in [1.54, 1.807) is 6.07 Å². The van der Waals surface area contributed by atoms with Crippen molar-refractivity contribution in [3.05, 3.63) is 43.2 Å². The Hall–Kier alpha value is -0.920. The molecule has 94 valence electrons. The van der Waals surface area contributed by atoms with Crippen LogP contribution in [0.15, 0.2) is 31.8 Å². The van der Waals surface area contributed by atoms with Crippen molar-refractivity contribution in [2.75, 3.05) is 11.1 Å². The van der Waals surface area contributed by atoms with Crippen molar-refractivity contribution >= 4 is 60.5 Å². The molecule has 1 aromatic heterocycles. The fraction of sp³-hybridized carbons (Fsp3) is 0. The molecule has 2 rings (SSSR count). The van der Waals surface area contributed by atoms with E-state index in [2.05, 4.69) is 37.2 Å². The van der Waals surface area contributed by atoms with Crippen molar-refractivity contribution in [3.8, 4) is 0 Å². The molecule has 0 unspecified atom stereocenters. The molecule has 3 nitrogen and oxygen atoms in total. The van der Waals surface area contributed by atoms with Gasteiger partial charge in [-0.3, -0.25) is 4.79 Å². The first-order valence-electron chi connectivity index (χ1n) is 4.78. The van der Waals surface area contributed by atoms with Gasteiger partial charge in [-0.15, -0.1) is 11.3 Å². The van der Waals surface area contributed by atoms with Gasteiger partial charge in [-0.25, -0.2) is 4.39 Å². The summed E-state index contributed by atoms with van der Waals surface area (Å²) >= 11 is 7.92. The number of nitrogens with two attached hydrogens (primary N) is 1. The molecule has 0 saturated heterocycles. The normalized spacial score (nSPS) is 10.4. The minimum Gasteiger partial charge on any atom is -0.399 e. The molecule has 0 aliphatic heterocycles. The van der Waals surface area contributed by atoms with E-state index in [1.165, 1.54) is 29.5 Å². The monoisotopic (exact) mass is 392 g/mol. The van der Waals surface area contributed by atoms with Gasteiger partial charge >= 0.3 is 0 Å². The molecular formula is C11H7Br2FN2OS. The van der Waals surface area contributed by atoms with E-state index in [-0.39, 0.29) is 5.69 Å². The Kier molecular flexibility index (Phi) is 4.04. The van der Waals surface area contributed by atoms with Gasteiger partial charge in [0, 0.05) is 5.69 Å². The second-order valence-corrected chi connectivity index (χ2v) is 7.18. The molecule has 7 heteroatoms. The smallest absolute Gasteiger partial charge is 0.257 e. The molecule has 0 atom stereocenters. The van der Waals surface area contributed by atoms with Gasteiger partial charge in [0.15, 0.2) is 0 Å². The minimum atomic E-state index is -0.525. The highest BCUT2D eigenvalue weighted by Crippen LogP contribution is 2.32. The van der Waals surface area contributed by atoms with E-state index in [0.29, 0.717) is 15.0 Å². The zero-order chi connectivity index (χ0) is 13.3. The van der Waals surface area contributed by atoms with Crippen LogP contribution in [-0.4, -0.2) is 5.91 Å². The van der Waals surface area contributed by atoms with Crippen LogP contribution < -0.4 is 11.1 Å². The third-order valence-electron chi connectivity index (χ3n) is 2.14. The zero-order valence-corrected chi connectivity index (χ0v) is 12.8. The van der Waals surface area contributed by atoms with Crippen molar-refractivity contribution in [1.82, 2.24) is 0 Å². The summed E-state index contributed by atoms with van der Waals surface area (Å²) in [5, 5.41) is 2.48.